The molecular weight excluding hydrogens is 1070 g/mol. The maximum atomic E-state index is 15.3. The van der Waals surface area contributed by atoms with E-state index in [0.29, 0.717) is 34.5 Å². The molecule has 2 aromatic heterocycles. The average molecular weight is 1140 g/mol. The van der Waals surface area contributed by atoms with Crippen molar-refractivity contribution in [2.75, 3.05) is 19.3 Å². The molecule has 0 unspecified atom stereocenters. The summed E-state index contributed by atoms with van der Waals surface area (Å²) < 4.78 is -0.613. The lowest BCUT2D eigenvalue weighted by molar-refractivity contribution is -0.144. The number of H-pyrrole nitrogens is 1. The normalized spacial score (nSPS) is 21.8. The van der Waals surface area contributed by atoms with Crippen LogP contribution in [0.5, 0.6) is 0 Å². The number of likely N-dealkylation sites (N-methyl/N-ethyl adjacent to an activating group) is 1. The van der Waals surface area contributed by atoms with E-state index in [2.05, 4.69) is 36.9 Å². The Labute approximate surface area is 468 Å². The number of rotatable bonds is 18. The first-order chi connectivity index (χ1) is 37.6. The van der Waals surface area contributed by atoms with Crippen LogP contribution < -0.4 is 43.4 Å². The summed E-state index contributed by atoms with van der Waals surface area (Å²) >= 11 is 1.28. The number of aromatic amines is 1. The number of nitrogens with one attached hydrogen (secondary N) is 7. The Balaban J connectivity index is 1.50. The van der Waals surface area contributed by atoms with Crippen LogP contribution in [0.25, 0.3) is 21.1 Å². The third kappa shape index (κ3) is 16.7. The summed E-state index contributed by atoms with van der Waals surface area (Å²) in [6, 6.07) is 11.7. The van der Waals surface area contributed by atoms with Crippen molar-refractivity contribution in [2.24, 2.45) is 17.4 Å². The van der Waals surface area contributed by atoms with Gasteiger partial charge >= 0.3 is 11.9 Å². The molecule has 1 aliphatic heterocycles. The van der Waals surface area contributed by atoms with Gasteiger partial charge in [0.2, 0.25) is 41.4 Å². The topological polar surface area (TPSA) is 350 Å². The highest BCUT2D eigenvalue weighted by atomic mass is 33.1. The van der Waals surface area contributed by atoms with Gasteiger partial charge in [-0.2, -0.15) is 0 Å². The van der Waals surface area contributed by atoms with Gasteiger partial charge in [-0.05, 0) is 74.9 Å². The maximum Gasteiger partial charge on any atom is 0.326 e. The van der Waals surface area contributed by atoms with E-state index in [9.17, 15) is 39.0 Å². The Bertz CT molecular complexity index is 2960. The molecule has 1 fully saturated rings. The monoisotopic (exact) mass is 1140 g/mol. The van der Waals surface area contributed by atoms with E-state index in [0.717, 1.165) is 42.1 Å². The number of hydrogen-bond donors (Lipinski definition) is 11. The van der Waals surface area contributed by atoms with E-state index in [-0.39, 0.29) is 38.0 Å². The van der Waals surface area contributed by atoms with Gasteiger partial charge in [0.15, 0.2) is 0 Å². The Hall–Kier alpha value is -7.06. The summed E-state index contributed by atoms with van der Waals surface area (Å²) in [4.78, 5) is 136. The SMILES string of the molecule is CC(C)[C@H](NC(=O)[C@@H]1CSSC(C)(C)[C@@H](NC(=O)[C@@H](N)CC(=O)O)C(=O)N(C)[C@@H](Cc2ccccc2)C(=O)N[C@@H](Cc2c[nH]c3ccccc23)C(=O)N[C@@H](CCCCN)C(=O)N[C@@H](Cc2nc3ccccc3s2)C(=O)N1)C(=O)O. The van der Waals surface area contributed by atoms with Gasteiger partial charge < -0.3 is 63.5 Å². The molecule has 6 rings (SSSR count). The van der Waals surface area contributed by atoms with Gasteiger partial charge in [0.1, 0.15) is 42.3 Å². The molecule has 0 radical (unpaired) electrons. The molecule has 0 spiro atoms. The van der Waals surface area contributed by atoms with Crippen molar-refractivity contribution in [1.82, 2.24) is 46.8 Å². The van der Waals surface area contributed by atoms with Crippen molar-refractivity contribution in [1.29, 1.82) is 0 Å². The van der Waals surface area contributed by atoms with Crippen LogP contribution in [0.15, 0.2) is 85.1 Å². The van der Waals surface area contributed by atoms with Crippen molar-refractivity contribution >= 4 is 107 Å². The van der Waals surface area contributed by atoms with E-state index >= 15 is 14.4 Å². The fourth-order valence-corrected chi connectivity index (χ4v) is 12.7. The summed E-state index contributed by atoms with van der Waals surface area (Å²) in [6.07, 6.45) is 1.36. The molecule has 1 aliphatic rings. The lowest BCUT2D eigenvalue weighted by atomic mass is 9.97. The van der Waals surface area contributed by atoms with Crippen LogP contribution in [0.2, 0.25) is 0 Å². The number of nitrogens with two attached hydrogens (primary N) is 2. The Morgan fingerprint density at radius 2 is 1.44 bits per heavy atom. The zero-order valence-electron chi connectivity index (χ0n) is 44.5. The number of unbranched alkanes of at least 4 members (excludes halogenated alkanes) is 1. The zero-order chi connectivity index (χ0) is 57.6. The maximum absolute atomic E-state index is 15.3. The van der Waals surface area contributed by atoms with Gasteiger partial charge in [-0.25, -0.2) is 9.78 Å². The first-order valence-electron chi connectivity index (χ1n) is 25.8. The molecule has 22 nitrogen and oxygen atoms in total. The number of aromatic nitrogens is 2. The minimum Gasteiger partial charge on any atom is -0.481 e. The molecule has 0 saturated carbocycles. The molecule has 13 N–H and O–H groups in total. The number of aliphatic carboxylic acids is 2. The number of amides is 7. The second kappa shape index (κ2) is 28.2. The molecule has 0 aliphatic carbocycles. The van der Waals surface area contributed by atoms with Gasteiger partial charge in [0, 0.05) is 53.9 Å². The van der Waals surface area contributed by atoms with Crippen LogP contribution in [-0.2, 0) is 62.4 Å². The lowest BCUT2D eigenvalue weighted by Crippen LogP contribution is -2.63. The van der Waals surface area contributed by atoms with Crippen molar-refractivity contribution < 1.29 is 53.4 Å². The van der Waals surface area contributed by atoms with Crippen LogP contribution in [0.4, 0.5) is 0 Å². The number of nitrogens with zero attached hydrogens (tertiary/aromatic N) is 2. The lowest BCUT2D eigenvalue weighted by Gasteiger charge is -2.38. The molecule has 5 aromatic rings. The Morgan fingerprint density at radius 1 is 0.810 bits per heavy atom. The quantitative estimate of drug-likeness (QED) is 0.0443. The van der Waals surface area contributed by atoms with Gasteiger partial charge in [0.25, 0.3) is 0 Å². The van der Waals surface area contributed by atoms with Crippen molar-refractivity contribution in [3.05, 3.63) is 101 Å². The van der Waals surface area contributed by atoms with Crippen molar-refractivity contribution in [3.8, 4) is 0 Å². The smallest absolute Gasteiger partial charge is 0.326 e. The van der Waals surface area contributed by atoms with E-state index in [1.54, 1.807) is 76.4 Å². The van der Waals surface area contributed by atoms with E-state index < -0.39 is 119 Å². The molecule has 3 heterocycles. The summed E-state index contributed by atoms with van der Waals surface area (Å²) in [5.74, 6) is -9.52. The van der Waals surface area contributed by atoms with Gasteiger partial charge in [-0.3, -0.25) is 38.4 Å². The molecule has 0 bridgehead atoms. The van der Waals surface area contributed by atoms with Crippen LogP contribution in [-0.4, -0.2) is 151 Å². The third-order valence-electron chi connectivity index (χ3n) is 13.4. The van der Waals surface area contributed by atoms with Crippen LogP contribution in [0, 0.1) is 5.92 Å². The minimum atomic E-state index is -1.61. The van der Waals surface area contributed by atoms with E-state index in [1.807, 2.05) is 36.4 Å². The first-order valence-corrected chi connectivity index (χ1v) is 28.9. The highest BCUT2D eigenvalue weighted by Crippen LogP contribution is 2.39. The highest BCUT2D eigenvalue weighted by Gasteiger charge is 2.44. The Kier molecular flexibility index (Phi) is 21.8. The largest absolute Gasteiger partial charge is 0.481 e. The highest BCUT2D eigenvalue weighted by molar-refractivity contribution is 8.77. The van der Waals surface area contributed by atoms with Gasteiger partial charge in [0.05, 0.1) is 27.7 Å². The van der Waals surface area contributed by atoms with Crippen LogP contribution in [0.1, 0.15) is 69.5 Å². The predicted octanol–water partition coefficient (Wildman–Crippen LogP) is 2.39. The number of fused-ring (bicyclic) bond motifs is 2. The number of carboxylic acid groups (broad SMARTS) is 2. The minimum absolute atomic E-state index is 0.0373. The number of thiazole rings is 1. The summed E-state index contributed by atoms with van der Waals surface area (Å²) in [5, 5.41) is 37.3. The van der Waals surface area contributed by atoms with Crippen LogP contribution in [0.3, 0.4) is 0 Å². The summed E-state index contributed by atoms with van der Waals surface area (Å²) in [6.45, 7) is 6.62. The molecular formula is C54H69N11O11S3. The fourth-order valence-electron chi connectivity index (χ4n) is 8.88. The molecule has 79 heavy (non-hydrogen) atoms. The standard InChI is InChI=1S/C54H69N11O11S3/c1-29(2)44(53(75)76)63-50(72)39-28-77-79-54(3,4)45(64-46(68)33(56)25-43(66)67)52(74)65(5)40(23-30-15-7-6-8-16-30)51(73)61-37(24-31-27-57-34-18-10-9-17-32(31)34)48(70)59-36(20-13-14-22-55)47(69)60-38(49(71)62-39)26-42-58-35-19-11-12-21-41(35)78-42/h6-12,15-19,21,27,29,33,36-40,44-45,57H,13-14,20,22-26,28,55-56H2,1-5H3,(H,59,70)(H,60,69)(H,61,73)(H,62,71)(H,63,72)(H,64,68)(H,66,67)(H,75,76)/t33-,36-,37-,38-,39-,40-,44-,45-/m0/s1. The second-order valence-electron chi connectivity index (χ2n) is 20.2. The van der Waals surface area contributed by atoms with E-state index in [4.69, 9.17) is 16.5 Å². The fraction of sp³-hybridized carbons (Fsp3) is 0.444. The van der Waals surface area contributed by atoms with Gasteiger partial charge in [-0.1, -0.05) is 96.1 Å². The average Bonchev–Trinajstić information content (AvgIpc) is 4.03. The van der Waals surface area contributed by atoms with Gasteiger partial charge in [-0.15, -0.1) is 11.3 Å². The summed E-state index contributed by atoms with van der Waals surface area (Å²) in [5.41, 5.74) is 14.6. The number of hydrogen-bond acceptors (Lipinski definition) is 15. The third-order valence-corrected chi connectivity index (χ3v) is 17.7. The molecule has 7 amide bonds. The molecule has 1 saturated heterocycles. The Morgan fingerprint density at radius 3 is 2.13 bits per heavy atom. The number of carboxylic acids is 2. The summed E-state index contributed by atoms with van der Waals surface area (Å²) in [7, 11) is 3.33. The van der Waals surface area contributed by atoms with Crippen molar-refractivity contribution in [3.63, 3.8) is 0 Å². The first kappa shape index (κ1) is 61.2. The number of benzene rings is 3. The predicted molar refractivity (Wildman–Crippen MR) is 303 cm³/mol. The zero-order valence-corrected chi connectivity index (χ0v) is 46.9. The van der Waals surface area contributed by atoms with E-state index in [1.165, 1.54) is 18.4 Å². The second-order valence-corrected chi connectivity index (χ2v) is 24.3. The number of para-hydroxylation sites is 2. The van der Waals surface area contributed by atoms with Crippen molar-refractivity contribution in [2.45, 2.75) is 126 Å². The molecule has 424 valence electrons. The molecule has 25 heteroatoms. The molecule has 3 aromatic carbocycles. The van der Waals surface area contributed by atoms with Crippen LogP contribution >= 0.6 is 32.9 Å². The number of carbonyl (C=O) groups excluding carboxylic acids is 7. The molecule has 8 atom stereocenters. The number of carbonyl (C=O) groups is 9.